The van der Waals surface area contributed by atoms with Crippen LogP contribution < -0.4 is 20.7 Å². The Balaban J connectivity index is 1.30. The van der Waals surface area contributed by atoms with Crippen molar-refractivity contribution in [3.05, 3.63) is 71.7 Å². The number of aromatic nitrogens is 2. The van der Waals surface area contributed by atoms with Crippen molar-refractivity contribution in [3.8, 4) is 0 Å². The molecule has 2 aromatic carbocycles. The molecule has 13 heteroatoms. The van der Waals surface area contributed by atoms with Crippen molar-refractivity contribution in [3.63, 3.8) is 0 Å². The molecule has 2 fully saturated rings. The van der Waals surface area contributed by atoms with E-state index in [0.29, 0.717) is 41.4 Å². The minimum absolute atomic E-state index is 0.0332. The second-order valence-electron chi connectivity index (χ2n) is 11.6. The van der Waals surface area contributed by atoms with Crippen molar-refractivity contribution in [1.82, 2.24) is 14.7 Å². The van der Waals surface area contributed by atoms with Crippen LogP contribution in [0.3, 0.4) is 0 Å². The number of hydrogen-bond donors (Lipinski definition) is 6. The number of aliphatic hydroxyl groups excluding tert-OH is 1. The fraction of sp³-hybridized carbons (Fsp3) is 0.419. The molecule has 44 heavy (non-hydrogen) atoms. The van der Waals surface area contributed by atoms with Gasteiger partial charge in [0.15, 0.2) is 0 Å². The number of halogens is 1. The topological polar surface area (TPSA) is 174 Å². The van der Waals surface area contributed by atoms with Gasteiger partial charge in [-0.2, -0.15) is 9.71 Å². The highest BCUT2D eigenvalue weighted by Gasteiger charge is 2.52. The van der Waals surface area contributed by atoms with Gasteiger partial charge in [0.05, 0.1) is 22.8 Å². The lowest BCUT2D eigenvalue weighted by atomic mass is 9.93. The molecule has 0 bridgehead atoms. The number of sulfonamides is 1. The van der Waals surface area contributed by atoms with E-state index in [2.05, 4.69) is 32.6 Å². The number of anilines is 2. The molecule has 0 saturated heterocycles. The highest BCUT2D eigenvalue weighted by Crippen LogP contribution is 2.38. The zero-order valence-corrected chi connectivity index (χ0v) is 25.5. The SMILES string of the molecule is CCCCNc1ncc(C(=N)c2ccc(S(=O)(=O)NC3(C(=O)Nc4ccc(F)cc4)CC3)cc2)c([NH2+]C2CCC(O)CC2)n1. The average Bonchev–Trinajstić information content (AvgIpc) is 3.79. The van der Waals surface area contributed by atoms with Crippen LogP contribution in [0.1, 0.15) is 69.4 Å². The van der Waals surface area contributed by atoms with Crippen LogP contribution >= 0.6 is 0 Å². The number of unbranched alkanes of at least 4 members (excludes halogenated alkanes) is 1. The molecule has 3 aromatic rings. The highest BCUT2D eigenvalue weighted by atomic mass is 32.2. The standard InChI is InChI=1S/C31H38FN7O4S/c1-2-3-18-34-30-35-19-26(28(38-30)36-22-10-12-24(40)13-11-22)27(33)20-4-14-25(15-5-20)44(42,43)39-31(16-17-31)29(41)37-23-8-6-21(32)7-9-23/h4-9,14-15,19,22,24,33,39-40H,2-3,10-13,16-18H2,1H3,(H,37,41)(H2,34,35,36,38)/p+1. The number of nitrogens with two attached hydrogens (primary N) is 1. The summed E-state index contributed by atoms with van der Waals surface area (Å²) >= 11 is 0. The number of aliphatic hydroxyl groups is 1. The predicted molar refractivity (Wildman–Crippen MR) is 165 cm³/mol. The Morgan fingerprint density at radius 3 is 2.41 bits per heavy atom. The van der Waals surface area contributed by atoms with Gasteiger partial charge in [-0.05, 0) is 68.5 Å². The third-order valence-corrected chi connectivity index (χ3v) is 9.66. The van der Waals surface area contributed by atoms with Crippen LogP contribution in [0, 0.1) is 11.2 Å². The molecule has 1 aromatic heterocycles. The predicted octanol–water partition coefficient (Wildman–Crippen LogP) is 3.19. The second kappa shape index (κ2) is 13.5. The third kappa shape index (κ3) is 7.65. The molecular weight excluding hydrogens is 585 g/mol. The van der Waals surface area contributed by atoms with Gasteiger partial charge in [-0.15, -0.1) is 0 Å². The zero-order chi connectivity index (χ0) is 31.3. The molecule has 1 heterocycles. The van der Waals surface area contributed by atoms with E-state index in [4.69, 9.17) is 10.4 Å². The van der Waals surface area contributed by atoms with Gasteiger partial charge in [0.2, 0.25) is 27.7 Å². The van der Waals surface area contributed by atoms with E-state index in [1.54, 1.807) is 18.3 Å². The number of nitrogens with one attached hydrogen (secondary N) is 4. The summed E-state index contributed by atoms with van der Waals surface area (Å²) in [5, 5.41) is 26.8. The second-order valence-corrected chi connectivity index (χ2v) is 13.2. The summed E-state index contributed by atoms with van der Waals surface area (Å²) in [4.78, 5) is 22.0. The van der Waals surface area contributed by atoms with E-state index < -0.39 is 27.3 Å². The molecule has 1 amide bonds. The first-order chi connectivity index (χ1) is 21.1. The number of carbonyl (C=O) groups is 1. The highest BCUT2D eigenvalue weighted by molar-refractivity contribution is 7.89. The van der Waals surface area contributed by atoms with Gasteiger partial charge < -0.3 is 15.7 Å². The van der Waals surface area contributed by atoms with Gasteiger partial charge >= 0.3 is 0 Å². The number of rotatable bonds is 13. The Kier molecular flexibility index (Phi) is 9.68. The van der Waals surface area contributed by atoms with Gasteiger partial charge in [-0.1, -0.05) is 25.5 Å². The number of amides is 1. The molecule has 2 saturated carbocycles. The Morgan fingerprint density at radius 1 is 1.09 bits per heavy atom. The van der Waals surface area contributed by atoms with E-state index in [1.165, 1.54) is 36.4 Å². The summed E-state index contributed by atoms with van der Waals surface area (Å²) in [6, 6.07) is 11.4. The Labute approximate surface area is 256 Å². The van der Waals surface area contributed by atoms with E-state index in [9.17, 15) is 22.7 Å². The van der Waals surface area contributed by atoms with Crippen molar-refractivity contribution in [2.24, 2.45) is 0 Å². The average molecular weight is 625 g/mol. The number of carbonyl (C=O) groups excluding carboxylic acids is 1. The Hall–Kier alpha value is -3.78. The molecule has 2 aliphatic rings. The molecule has 11 nitrogen and oxygen atoms in total. The van der Waals surface area contributed by atoms with Gasteiger partial charge in [0.25, 0.3) is 0 Å². The molecule has 0 unspecified atom stereocenters. The monoisotopic (exact) mass is 624 g/mol. The molecule has 0 spiro atoms. The van der Waals surface area contributed by atoms with Crippen LogP contribution in [0.2, 0.25) is 0 Å². The summed E-state index contributed by atoms with van der Waals surface area (Å²) < 4.78 is 42.2. The summed E-state index contributed by atoms with van der Waals surface area (Å²) in [5.41, 5.74) is 0.268. The minimum atomic E-state index is -4.06. The Morgan fingerprint density at radius 2 is 1.77 bits per heavy atom. The normalized spacial score (nSPS) is 19.2. The molecule has 5 rings (SSSR count). The number of quaternary nitrogens is 1. The lowest BCUT2D eigenvalue weighted by molar-refractivity contribution is -0.618. The summed E-state index contributed by atoms with van der Waals surface area (Å²) in [5.74, 6) is 0.174. The van der Waals surface area contributed by atoms with E-state index in [1.807, 2.05) is 0 Å². The van der Waals surface area contributed by atoms with Gasteiger partial charge in [0.1, 0.15) is 16.9 Å². The quantitative estimate of drug-likeness (QED) is 0.125. The lowest BCUT2D eigenvalue weighted by Crippen LogP contribution is -2.85. The molecule has 234 valence electrons. The van der Waals surface area contributed by atoms with Crippen molar-refractivity contribution in [2.45, 2.75) is 80.9 Å². The maximum absolute atomic E-state index is 13.2. The molecule has 0 aliphatic heterocycles. The first kappa shape index (κ1) is 31.6. The van der Waals surface area contributed by atoms with Crippen molar-refractivity contribution in [1.29, 1.82) is 5.41 Å². The summed E-state index contributed by atoms with van der Waals surface area (Å²) in [6.45, 7) is 2.84. The van der Waals surface area contributed by atoms with Crippen LogP contribution in [0.4, 0.5) is 21.8 Å². The van der Waals surface area contributed by atoms with Crippen LogP contribution in [0.15, 0.2) is 59.6 Å². The molecule has 0 atom stereocenters. The zero-order valence-electron chi connectivity index (χ0n) is 24.6. The fourth-order valence-electron chi connectivity index (χ4n) is 5.23. The lowest BCUT2D eigenvalue weighted by Gasteiger charge is -2.24. The van der Waals surface area contributed by atoms with Crippen LogP contribution in [0.5, 0.6) is 0 Å². The van der Waals surface area contributed by atoms with Crippen molar-refractivity contribution >= 4 is 39.1 Å². The minimum Gasteiger partial charge on any atom is -0.393 e. The number of nitrogens with zero attached hydrogens (tertiary/aromatic N) is 2. The van der Waals surface area contributed by atoms with Gasteiger partial charge in [-0.3, -0.25) is 15.5 Å². The molecule has 0 radical (unpaired) electrons. The largest absolute Gasteiger partial charge is 0.393 e. The summed E-state index contributed by atoms with van der Waals surface area (Å²) in [7, 11) is -4.06. The van der Waals surface area contributed by atoms with E-state index in [0.717, 1.165) is 45.1 Å². The molecule has 2 aliphatic carbocycles. The first-order valence-corrected chi connectivity index (χ1v) is 16.5. The van der Waals surface area contributed by atoms with Crippen LogP contribution in [-0.4, -0.2) is 59.3 Å². The maximum atomic E-state index is 13.2. The smallest absolute Gasteiger partial charge is 0.245 e. The number of hydrogen-bond acceptors (Lipinski definition) is 8. The third-order valence-electron chi connectivity index (χ3n) is 8.11. The van der Waals surface area contributed by atoms with Crippen molar-refractivity contribution < 1.29 is 28.0 Å². The molecular formula is C31H39FN7O4S+. The van der Waals surface area contributed by atoms with Gasteiger partial charge in [-0.25, -0.2) is 17.8 Å². The summed E-state index contributed by atoms with van der Waals surface area (Å²) in [6.07, 6.45) is 7.14. The van der Waals surface area contributed by atoms with Gasteiger partial charge in [0, 0.05) is 36.8 Å². The number of benzene rings is 2. The maximum Gasteiger partial charge on any atom is 0.245 e. The van der Waals surface area contributed by atoms with Crippen molar-refractivity contribution in [2.75, 3.05) is 17.2 Å². The van der Waals surface area contributed by atoms with Crippen LogP contribution in [-0.2, 0) is 14.8 Å². The molecule has 7 N–H and O–H groups in total. The van der Waals surface area contributed by atoms with E-state index >= 15 is 0 Å². The van der Waals surface area contributed by atoms with E-state index in [-0.39, 0.29) is 22.8 Å². The first-order valence-electron chi connectivity index (χ1n) is 15.0. The fourth-order valence-corrected chi connectivity index (χ4v) is 6.65. The Bertz CT molecular complexity index is 1590. The van der Waals surface area contributed by atoms with Crippen LogP contribution in [0.25, 0.3) is 0 Å².